The van der Waals surface area contributed by atoms with Crippen LogP contribution in [0.3, 0.4) is 0 Å². The van der Waals surface area contributed by atoms with Gasteiger partial charge < -0.3 is 10.4 Å². The van der Waals surface area contributed by atoms with Crippen LogP contribution in [0.25, 0.3) is 0 Å². The smallest absolute Gasteiger partial charge is 0.306 e. The van der Waals surface area contributed by atoms with Crippen LogP contribution in [0, 0.1) is 5.92 Å². The number of rotatable bonds is 7. The lowest BCUT2D eigenvalue weighted by atomic mass is 10.0. The molecule has 23 heavy (non-hydrogen) atoms. The molecule has 2 N–H and O–H groups in total. The molecule has 1 fully saturated rings. The summed E-state index contributed by atoms with van der Waals surface area (Å²) in [5.74, 6) is -1.39. The molecule has 2 atom stereocenters. The van der Waals surface area contributed by atoms with Gasteiger partial charge in [0.15, 0.2) is 5.78 Å². The molecule has 1 aliphatic rings. The van der Waals surface area contributed by atoms with Crippen molar-refractivity contribution in [2.75, 3.05) is 0 Å². The normalized spacial score (nSPS) is 20.2. The molecule has 0 spiro atoms. The van der Waals surface area contributed by atoms with Crippen LogP contribution in [0.5, 0.6) is 0 Å². The van der Waals surface area contributed by atoms with Crippen molar-refractivity contribution >= 4 is 17.7 Å². The molecule has 1 aromatic rings. The lowest BCUT2D eigenvalue weighted by molar-refractivity contribution is -0.141. The van der Waals surface area contributed by atoms with E-state index in [0.717, 1.165) is 6.42 Å². The van der Waals surface area contributed by atoms with Crippen LogP contribution >= 0.6 is 0 Å². The molecule has 5 nitrogen and oxygen atoms in total. The van der Waals surface area contributed by atoms with E-state index in [1.54, 1.807) is 12.1 Å². The Morgan fingerprint density at radius 3 is 2.39 bits per heavy atom. The third-order valence-electron chi connectivity index (χ3n) is 4.41. The van der Waals surface area contributed by atoms with E-state index in [9.17, 15) is 14.4 Å². The first kappa shape index (κ1) is 17.2. The summed E-state index contributed by atoms with van der Waals surface area (Å²) in [7, 11) is 0. The molecule has 2 rings (SSSR count). The molecule has 1 aliphatic carbocycles. The third-order valence-corrected chi connectivity index (χ3v) is 4.41. The van der Waals surface area contributed by atoms with Gasteiger partial charge in [0.25, 0.3) is 0 Å². The molecule has 1 aromatic carbocycles. The number of benzene rings is 1. The third kappa shape index (κ3) is 4.91. The lowest BCUT2D eigenvalue weighted by Gasteiger charge is -2.12. The molecule has 0 heterocycles. The number of nitrogens with one attached hydrogen (secondary N) is 1. The highest BCUT2D eigenvalue weighted by atomic mass is 16.4. The molecule has 0 bridgehead atoms. The van der Waals surface area contributed by atoms with Crippen LogP contribution in [0.2, 0.25) is 0 Å². The van der Waals surface area contributed by atoms with Crippen molar-refractivity contribution in [3.05, 3.63) is 35.4 Å². The molecular formula is C18H23NO4. The van der Waals surface area contributed by atoms with Gasteiger partial charge in [-0.15, -0.1) is 0 Å². The first-order valence-electron chi connectivity index (χ1n) is 8.14. The highest BCUT2D eigenvalue weighted by Gasteiger charge is 2.30. The van der Waals surface area contributed by atoms with E-state index in [0.29, 0.717) is 24.8 Å². The van der Waals surface area contributed by atoms with E-state index in [1.807, 2.05) is 12.1 Å². The summed E-state index contributed by atoms with van der Waals surface area (Å²) in [6, 6.07) is 7.37. The summed E-state index contributed by atoms with van der Waals surface area (Å²) in [6.45, 7) is 2.05. The maximum Gasteiger partial charge on any atom is 0.306 e. The maximum atomic E-state index is 12.1. The number of aryl methyl sites for hydroxylation is 1. The number of hydrogen-bond acceptors (Lipinski definition) is 3. The predicted octanol–water partition coefficient (Wildman–Crippen LogP) is 2.58. The van der Waals surface area contributed by atoms with E-state index in [2.05, 4.69) is 12.2 Å². The summed E-state index contributed by atoms with van der Waals surface area (Å²) < 4.78 is 0. The number of carboxylic acid groups (broad SMARTS) is 1. The Balaban J connectivity index is 1.75. The van der Waals surface area contributed by atoms with E-state index in [-0.39, 0.29) is 36.5 Å². The lowest BCUT2D eigenvalue weighted by Crippen LogP contribution is -2.33. The number of hydrogen-bond donors (Lipinski definition) is 2. The zero-order valence-corrected chi connectivity index (χ0v) is 13.4. The number of aliphatic carboxylic acids is 1. The summed E-state index contributed by atoms with van der Waals surface area (Å²) in [6.07, 6.45) is 3.01. The average Bonchev–Trinajstić information content (AvgIpc) is 3.01. The number of Topliss-reactive ketones (excluding diaryl/α,β-unsaturated/α-hetero) is 1. The first-order valence-corrected chi connectivity index (χ1v) is 8.14. The second kappa shape index (κ2) is 7.90. The number of ketones is 1. The molecule has 0 aliphatic heterocycles. The zero-order valence-electron chi connectivity index (χ0n) is 13.4. The Hall–Kier alpha value is -2.17. The van der Waals surface area contributed by atoms with Gasteiger partial charge in [0.1, 0.15) is 0 Å². The number of carboxylic acids is 1. The summed E-state index contributed by atoms with van der Waals surface area (Å²) in [4.78, 5) is 34.9. The summed E-state index contributed by atoms with van der Waals surface area (Å²) in [5.41, 5.74) is 1.80. The summed E-state index contributed by atoms with van der Waals surface area (Å²) in [5, 5.41) is 11.8. The van der Waals surface area contributed by atoms with E-state index in [4.69, 9.17) is 5.11 Å². The summed E-state index contributed by atoms with van der Waals surface area (Å²) >= 11 is 0. The second-order valence-electron chi connectivity index (χ2n) is 6.09. The van der Waals surface area contributed by atoms with E-state index < -0.39 is 5.97 Å². The van der Waals surface area contributed by atoms with E-state index >= 15 is 0 Å². The monoisotopic (exact) mass is 317 g/mol. The first-order chi connectivity index (χ1) is 11.0. The minimum atomic E-state index is -0.799. The Morgan fingerprint density at radius 1 is 1.13 bits per heavy atom. The number of carbonyl (C=O) groups is 3. The molecule has 0 saturated heterocycles. The Morgan fingerprint density at radius 2 is 1.83 bits per heavy atom. The van der Waals surface area contributed by atoms with Crippen molar-refractivity contribution in [3.8, 4) is 0 Å². The quantitative estimate of drug-likeness (QED) is 0.757. The standard InChI is InChI=1S/C18H23NO4/c1-2-12-3-5-13(6-4-12)16(20)9-10-17(21)19-15-8-7-14(11-15)18(22)23/h3-6,14-15H,2,7-11H2,1H3,(H,19,21)(H,22,23)/t14-,15+/m1/s1. The van der Waals surface area contributed by atoms with Gasteiger partial charge in [-0.3, -0.25) is 14.4 Å². The predicted molar refractivity (Wildman–Crippen MR) is 86.3 cm³/mol. The van der Waals surface area contributed by atoms with Crippen molar-refractivity contribution in [1.82, 2.24) is 5.32 Å². The number of carbonyl (C=O) groups excluding carboxylic acids is 2. The Labute approximate surface area is 136 Å². The van der Waals surface area contributed by atoms with E-state index in [1.165, 1.54) is 5.56 Å². The fourth-order valence-electron chi connectivity index (χ4n) is 2.93. The fraction of sp³-hybridized carbons (Fsp3) is 0.500. The van der Waals surface area contributed by atoms with Crippen molar-refractivity contribution in [2.45, 2.75) is 51.5 Å². The topological polar surface area (TPSA) is 83.5 Å². The highest BCUT2D eigenvalue weighted by Crippen LogP contribution is 2.25. The van der Waals surface area contributed by atoms with Gasteiger partial charge in [-0.1, -0.05) is 31.2 Å². The van der Waals surface area contributed by atoms with Crippen LogP contribution in [-0.2, 0) is 16.0 Å². The molecular weight excluding hydrogens is 294 g/mol. The largest absolute Gasteiger partial charge is 0.481 e. The molecule has 5 heteroatoms. The molecule has 1 saturated carbocycles. The van der Waals surface area contributed by atoms with Crippen molar-refractivity contribution < 1.29 is 19.5 Å². The number of amides is 1. The van der Waals surface area contributed by atoms with Crippen LogP contribution in [0.1, 0.15) is 54.9 Å². The minimum absolute atomic E-state index is 0.0439. The second-order valence-corrected chi connectivity index (χ2v) is 6.09. The van der Waals surface area contributed by atoms with Crippen LogP contribution in [0.15, 0.2) is 24.3 Å². The van der Waals surface area contributed by atoms with Gasteiger partial charge in [-0.05, 0) is 31.2 Å². The van der Waals surface area contributed by atoms with Crippen LogP contribution in [0.4, 0.5) is 0 Å². The van der Waals surface area contributed by atoms with Gasteiger partial charge in [0.05, 0.1) is 5.92 Å². The van der Waals surface area contributed by atoms with Gasteiger partial charge >= 0.3 is 5.97 Å². The molecule has 0 aromatic heterocycles. The maximum absolute atomic E-state index is 12.1. The zero-order chi connectivity index (χ0) is 16.8. The van der Waals surface area contributed by atoms with Gasteiger partial charge in [0, 0.05) is 24.4 Å². The average molecular weight is 317 g/mol. The minimum Gasteiger partial charge on any atom is -0.481 e. The molecule has 124 valence electrons. The molecule has 1 amide bonds. The van der Waals surface area contributed by atoms with Gasteiger partial charge in [-0.2, -0.15) is 0 Å². The van der Waals surface area contributed by atoms with Gasteiger partial charge in [-0.25, -0.2) is 0 Å². The van der Waals surface area contributed by atoms with Crippen molar-refractivity contribution in [3.63, 3.8) is 0 Å². The molecule has 0 radical (unpaired) electrons. The van der Waals surface area contributed by atoms with Crippen LogP contribution < -0.4 is 5.32 Å². The van der Waals surface area contributed by atoms with Crippen molar-refractivity contribution in [1.29, 1.82) is 0 Å². The SMILES string of the molecule is CCc1ccc(C(=O)CCC(=O)N[C@H]2CC[C@@H](C(=O)O)C2)cc1. The Bertz CT molecular complexity index is 579. The fourth-order valence-corrected chi connectivity index (χ4v) is 2.93. The van der Waals surface area contributed by atoms with Gasteiger partial charge in [0.2, 0.25) is 5.91 Å². The highest BCUT2D eigenvalue weighted by molar-refractivity contribution is 5.98. The van der Waals surface area contributed by atoms with Crippen molar-refractivity contribution in [2.24, 2.45) is 5.92 Å². The Kier molecular flexibility index (Phi) is 5.90. The molecule has 0 unspecified atom stereocenters. The van der Waals surface area contributed by atoms with Crippen LogP contribution in [-0.4, -0.2) is 28.8 Å².